The van der Waals surface area contributed by atoms with Gasteiger partial charge in [-0.05, 0) is 20.8 Å². The van der Waals surface area contributed by atoms with E-state index in [0.29, 0.717) is 12.7 Å². The van der Waals surface area contributed by atoms with E-state index in [4.69, 9.17) is 16.0 Å². The Morgan fingerprint density at radius 2 is 2.05 bits per heavy atom. The first-order chi connectivity index (χ1) is 10.1. The zero-order valence-electron chi connectivity index (χ0n) is 13.7. The maximum Gasteiger partial charge on any atom is 0.293 e. The van der Waals surface area contributed by atoms with E-state index in [0.717, 1.165) is 52.2 Å². The second-order valence-electron chi connectivity index (χ2n) is 6.48. The Kier molecular flexibility index (Phi) is 6.00. The van der Waals surface area contributed by atoms with Gasteiger partial charge in [-0.3, -0.25) is 9.74 Å². The number of rotatable bonds is 5. The van der Waals surface area contributed by atoms with Crippen LogP contribution in [-0.4, -0.2) is 73.6 Å². The average Bonchev–Trinajstić information content (AvgIpc) is 2.47. The van der Waals surface area contributed by atoms with Crippen molar-refractivity contribution in [1.29, 1.82) is 0 Å². The Hall–Kier alpha value is -0.670. The SMILES string of the molecule is [C-]#[N+]C1(N2CCN(CCOC(C)C)CC2)CCOC(C)C1. The molecule has 2 heterocycles. The minimum absolute atomic E-state index is 0.199. The lowest BCUT2D eigenvalue weighted by Crippen LogP contribution is -2.58. The smallest absolute Gasteiger partial charge is 0.293 e. The number of nitrogens with zero attached hydrogens (tertiary/aromatic N) is 3. The van der Waals surface area contributed by atoms with Crippen LogP contribution in [0.25, 0.3) is 4.85 Å². The van der Waals surface area contributed by atoms with Gasteiger partial charge in [0, 0.05) is 32.7 Å². The highest BCUT2D eigenvalue weighted by Crippen LogP contribution is 2.33. The molecule has 0 amide bonds. The summed E-state index contributed by atoms with van der Waals surface area (Å²) in [5.74, 6) is 0. The van der Waals surface area contributed by atoms with Gasteiger partial charge >= 0.3 is 0 Å². The lowest BCUT2D eigenvalue weighted by molar-refractivity contribution is -0.0617. The van der Waals surface area contributed by atoms with Crippen LogP contribution < -0.4 is 0 Å². The van der Waals surface area contributed by atoms with Crippen molar-refractivity contribution in [3.05, 3.63) is 11.4 Å². The molecular weight excluding hydrogens is 266 g/mol. The monoisotopic (exact) mass is 295 g/mol. The van der Waals surface area contributed by atoms with E-state index in [2.05, 4.69) is 35.4 Å². The van der Waals surface area contributed by atoms with E-state index < -0.39 is 0 Å². The molecule has 2 atom stereocenters. The first-order valence-electron chi connectivity index (χ1n) is 8.15. The summed E-state index contributed by atoms with van der Waals surface area (Å²) in [4.78, 5) is 8.85. The van der Waals surface area contributed by atoms with Crippen LogP contribution in [0.3, 0.4) is 0 Å². The minimum atomic E-state index is -0.321. The molecule has 21 heavy (non-hydrogen) atoms. The molecule has 2 unspecified atom stereocenters. The summed E-state index contributed by atoms with van der Waals surface area (Å²) in [7, 11) is 0. The third-order valence-electron chi connectivity index (χ3n) is 4.55. The maximum absolute atomic E-state index is 7.67. The van der Waals surface area contributed by atoms with Crippen molar-refractivity contribution in [2.75, 3.05) is 45.9 Å². The number of hydrogen-bond acceptors (Lipinski definition) is 4. The Bertz CT molecular complexity index is 361. The normalized spacial score (nSPS) is 32.2. The van der Waals surface area contributed by atoms with Crippen molar-refractivity contribution in [2.24, 2.45) is 0 Å². The largest absolute Gasteiger partial charge is 0.378 e. The topological polar surface area (TPSA) is 29.3 Å². The van der Waals surface area contributed by atoms with E-state index >= 15 is 0 Å². The first kappa shape index (κ1) is 16.7. The Balaban J connectivity index is 1.81. The molecular formula is C16H29N3O2. The van der Waals surface area contributed by atoms with Crippen molar-refractivity contribution in [3.8, 4) is 0 Å². The number of piperazine rings is 1. The molecule has 2 fully saturated rings. The van der Waals surface area contributed by atoms with Crippen LogP contribution in [0.4, 0.5) is 0 Å². The fraction of sp³-hybridized carbons (Fsp3) is 0.938. The first-order valence-corrected chi connectivity index (χ1v) is 8.15. The molecule has 0 aliphatic carbocycles. The molecule has 0 aromatic carbocycles. The molecule has 0 saturated carbocycles. The molecule has 120 valence electrons. The molecule has 2 aliphatic rings. The van der Waals surface area contributed by atoms with Gasteiger partial charge in [-0.25, -0.2) is 11.5 Å². The Morgan fingerprint density at radius 1 is 1.33 bits per heavy atom. The summed E-state index contributed by atoms with van der Waals surface area (Å²) in [6, 6.07) is 0. The summed E-state index contributed by atoms with van der Waals surface area (Å²) in [5.41, 5.74) is -0.321. The summed E-state index contributed by atoms with van der Waals surface area (Å²) in [6.07, 6.45) is 2.19. The zero-order valence-corrected chi connectivity index (χ0v) is 13.7. The summed E-state index contributed by atoms with van der Waals surface area (Å²) >= 11 is 0. The highest BCUT2D eigenvalue weighted by Gasteiger charge is 2.47. The van der Waals surface area contributed by atoms with Crippen LogP contribution in [0.15, 0.2) is 0 Å². The van der Waals surface area contributed by atoms with Gasteiger partial charge in [-0.15, -0.1) is 0 Å². The molecule has 0 aromatic heterocycles. The highest BCUT2D eigenvalue weighted by atomic mass is 16.5. The van der Waals surface area contributed by atoms with Gasteiger partial charge in [-0.2, -0.15) is 0 Å². The van der Waals surface area contributed by atoms with Gasteiger partial charge in [0.1, 0.15) is 0 Å². The highest BCUT2D eigenvalue weighted by molar-refractivity contribution is 5.02. The van der Waals surface area contributed by atoms with Crippen LogP contribution in [0.1, 0.15) is 33.6 Å². The van der Waals surface area contributed by atoms with Crippen LogP contribution in [0.5, 0.6) is 0 Å². The summed E-state index contributed by atoms with van der Waals surface area (Å²) in [6.45, 7) is 20.5. The van der Waals surface area contributed by atoms with Crippen molar-refractivity contribution >= 4 is 0 Å². The Labute approximate surface area is 129 Å². The molecule has 2 aliphatic heterocycles. The molecule has 0 radical (unpaired) electrons. The van der Waals surface area contributed by atoms with Crippen molar-refractivity contribution < 1.29 is 9.47 Å². The number of hydrogen-bond donors (Lipinski definition) is 0. The predicted octanol–water partition coefficient (Wildman–Crippen LogP) is 1.84. The molecule has 0 bridgehead atoms. The third-order valence-corrected chi connectivity index (χ3v) is 4.55. The number of ether oxygens (including phenoxy) is 2. The third kappa shape index (κ3) is 4.40. The van der Waals surface area contributed by atoms with Crippen molar-refractivity contribution in [3.63, 3.8) is 0 Å². The molecule has 0 spiro atoms. The lowest BCUT2D eigenvalue weighted by atomic mass is 9.94. The van der Waals surface area contributed by atoms with E-state index in [1.54, 1.807) is 0 Å². The minimum Gasteiger partial charge on any atom is -0.378 e. The molecule has 0 N–H and O–H groups in total. The van der Waals surface area contributed by atoms with Crippen LogP contribution in [0.2, 0.25) is 0 Å². The van der Waals surface area contributed by atoms with Crippen molar-refractivity contribution in [1.82, 2.24) is 9.80 Å². The van der Waals surface area contributed by atoms with Crippen LogP contribution >= 0.6 is 0 Å². The van der Waals surface area contributed by atoms with Crippen molar-refractivity contribution in [2.45, 2.75) is 51.5 Å². The summed E-state index contributed by atoms with van der Waals surface area (Å²) in [5, 5.41) is 0. The maximum atomic E-state index is 7.67. The quantitative estimate of drug-likeness (QED) is 0.724. The van der Waals surface area contributed by atoms with Gasteiger partial charge in [0.25, 0.3) is 5.66 Å². The van der Waals surface area contributed by atoms with E-state index in [1.165, 1.54) is 0 Å². The average molecular weight is 295 g/mol. The lowest BCUT2D eigenvalue weighted by Gasteiger charge is -2.43. The molecule has 5 nitrogen and oxygen atoms in total. The van der Waals surface area contributed by atoms with Gasteiger partial charge < -0.3 is 9.47 Å². The molecule has 2 rings (SSSR count). The fourth-order valence-electron chi connectivity index (χ4n) is 3.31. The van der Waals surface area contributed by atoms with E-state index in [1.807, 2.05) is 0 Å². The van der Waals surface area contributed by atoms with Gasteiger partial charge in [0.2, 0.25) is 0 Å². The predicted molar refractivity (Wildman–Crippen MR) is 83.1 cm³/mol. The second-order valence-corrected chi connectivity index (χ2v) is 6.48. The van der Waals surface area contributed by atoms with E-state index in [9.17, 15) is 0 Å². The summed E-state index contributed by atoms with van der Waals surface area (Å²) < 4.78 is 11.2. The van der Waals surface area contributed by atoms with Gasteiger partial charge in [0.05, 0.1) is 38.3 Å². The molecule has 5 heteroatoms. The van der Waals surface area contributed by atoms with Gasteiger partial charge in [-0.1, -0.05) is 0 Å². The second kappa shape index (κ2) is 7.55. The Morgan fingerprint density at radius 3 is 2.62 bits per heavy atom. The molecule has 2 saturated heterocycles. The van der Waals surface area contributed by atoms with Crippen LogP contribution in [-0.2, 0) is 9.47 Å². The molecule has 0 aromatic rings. The fourth-order valence-corrected chi connectivity index (χ4v) is 3.31. The standard InChI is InChI=1S/C16H29N3O2/c1-14(2)20-12-10-18-6-8-19(9-7-18)16(17-4)5-11-21-15(3)13-16/h14-15H,5-13H2,1-3H3. The van der Waals surface area contributed by atoms with E-state index in [-0.39, 0.29) is 11.8 Å². The zero-order chi connectivity index (χ0) is 15.3. The van der Waals surface area contributed by atoms with Crippen LogP contribution in [0, 0.1) is 6.57 Å². The van der Waals surface area contributed by atoms with Gasteiger partial charge in [0.15, 0.2) is 0 Å².